The zero-order valence-corrected chi connectivity index (χ0v) is 14.4. The number of nitrogens with zero attached hydrogens (tertiary/aromatic N) is 1. The van der Waals surface area contributed by atoms with Crippen molar-refractivity contribution in [3.63, 3.8) is 0 Å². The van der Waals surface area contributed by atoms with Crippen LogP contribution in [-0.4, -0.2) is 34.7 Å². The van der Waals surface area contributed by atoms with Gasteiger partial charge in [0, 0.05) is 5.56 Å². The van der Waals surface area contributed by atoms with Gasteiger partial charge in [-0.05, 0) is 55.7 Å². The average molecular weight is 328 g/mol. The molecule has 0 bridgehead atoms. The predicted molar refractivity (Wildman–Crippen MR) is 91.0 cm³/mol. The zero-order valence-electron chi connectivity index (χ0n) is 14.4. The zero-order chi connectivity index (χ0) is 17.3. The summed E-state index contributed by atoms with van der Waals surface area (Å²) in [6.07, 6.45) is 5.45. The highest BCUT2D eigenvalue weighted by Crippen LogP contribution is 2.26. The maximum Gasteiger partial charge on any atom is 0.325 e. The Bertz CT molecular complexity index is 692. The minimum absolute atomic E-state index is 0.185. The van der Waals surface area contributed by atoms with Crippen LogP contribution in [0.1, 0.15) is 61.0 Å². The molecule has 1 aromatic rings. The number of carbonyl (C=O) groups excluding carboxylic acids is 3. The van der Waals surface area contributed by atoms with Crippen LogP contribution in [0.25, 0.3) is 0 Å². The van der Waals surface area contributed by atoms with Gasteiger partial charge < -0.3 is 5.32 Å². The fourth-order valence-corrected chi connectivity index (χ4v) is 3.69. The normalized spacial score (nSPS) is 19.2. The Labute approximate surface area is 142 Å². The smallest absolute Gasteiger partial charge is 0.323 e. The van der Waals surface area contributed by atoms with Gasteiger partial charge in [-0.25, -0.2) is 4.79 Å². The quantitative estimate of drug-likeness (QED) is 0.667. The average Bonchev–Trinajstić information content (AvgIpc) is 2.85. The van der Waals surface area contributed by atoms with Crippen molar-refractivity contribution in [2.45, 2.75) is 57.9 Å². The van der Waals surface area contributed by atoms with Crippen LogP contribution in [-0.2, 0) is 17.6 Å². The number of amides is 3. The van der Waals surface area contributed by atoms with Crippen LogP contribution in [0.4, 0.5) is 4.79 Å². The van der Waals surface area contributed by atoms with Gasteiger partial charge in [0.05, 0.1) is 6.54 Å². The van der Waals surface area contributed by atoms with Crippen LogP contribution < -0.4 is 5.32 Å². The van der Waals surface area contributed by atoms with Crippen LogP contribution in [0.2, 0.25) is 0 Å². The van der Waals surface area contributed by atoms with E-state index in [-0.39, 0.29) is 18.2 Å². The molecule has 1 heterocycles. The number of nitrogens with one attached hydrogen (secondary N) is 1. The molecule has 0 spiro atoms. The minimum atomic E-state index is -0.854. The topological polar surface area (TPSA) is 66.5 Å². The number of carbonyl (C=O) groups is 3. The lowest BCUT2D eigenvalue weighted by Crippen LogP contribution is -2.46. The third-order valence-electron chi connectivity index (χ3n) is 5.43. The number of rotatable bonds is 5. The fraction of sp³-hybridized carbons (Fsp3) is 0.526. The number of urea groups is 1. The summed E-state index contributed by atoms with van der Waals surface area (Å²) in [6, 6.07) is 5.30. The summed E-state index contributed by atoms with van der Waals surface area (Å²) >= 11 is 0. The van der Waals surface area contributed by atoms with E-state index in [9.17, 15) is 14.4 Å². The Balaban J connectivity index is 1.77. The maximum absolute atomic E-state index is 12.6. The molecule has 5 nitrogen and oxygen atoms in total. The second kappa shape index (κ2) is 6.38. The van der Waals surface area contributed by atoms with Gasteiger partial charge >= 0.3 is 6.03 Å². The molecule has 1 aromatic carbocycles. The molecule has 1 saturated heterocycles. The van der Waals surface area contributed by atoms with Crippen LogP contribution in [0, 0.1) is 0 Å². The van der Waals surface area contributed by atoms with Crippen molar-refractivity contribution in [1.82, 2.24) is 10.2 Å². The first-order chi connectivity index (χ1) is 11.5. The van der Waals surface area contributed by atoms with Gasteiger partial charge in [-0.2, -0.15) is 0 Å². The van der Waals surface area contributed by atoms with Crippen molar-refractivity contribution in [2.24, 2.45) is 0 Å². The van der Waals surface area contributed by atoms with E-state index in [1.807, 2.05) is 32.0 Å². The van der Waals surface area contributed by atoms with Crippen molar-refractivity contribution in [3.8, 4) is 0 Å². The lowest BCUT2D eigenvalue weighted by atomic mass is 9.89. The van der Waals surface area contributed by atoms with Gasteiger partial charge in [-0.15, -0.1) is 0 Å². The van der Waals surface area contributed by atoms with E-state index < -0.39 is 11.6 Å². The highest BCUT2D eigenvalue weighted by atomic mass is 16.2. The molecule has 0 radical (unpaired) electrons. The van der Waals surface area contributed by atoms with Gasteiger partial charge in [0.25, 0.3) is 5.91 Å². The Morgan fingerprint density at radius 1 is 1.12 bits per heavy atom. The van der Waals surface area contributed by atoms with Crippen LogP contribution in [0.15, 0.2) is 18.2 Å². The first-order valence-electron chi connectivity index (χ1n) is 8.80. The number of hydrogen-bond donors (Lipinski definition) is 1. The van der Waals surface area contributed by atoms with E-state index >= 15 is 0 Å². The minimum Gasteiger partial charge on any atom is -0.323 e. The molecule has 0 atom stereocenters. The molecule has 3 amide bonds. The number of fused-ring (bicyclic) bond motifs is 1. The van der Waals surface area contributed by atoms with Crippen molar-refractivity contribution in [1.29, 1.82) is 0 Å². The van der Waals surface area contributed by atoms with Crippen molar-refractivity contribution in [3.05, 3.63) is 34.9 Å². The van der Waals surface area contributed by atoms with Crippen LogP contribution >= 0.6 is 0 Å². The molecule has 0 saturated carbocycles. The molecule has 1 aliphatic heterocycles. The number of hydrogen-bond acceptors (Lipinski definition) is 3. The Hall–Kier alpha value is -2.17. The number of Topliss-reactive ketones (excluding diaryl/α,β-unsaturated/α-hetero) is 1. The Morgan fingerprint density at radius 2 is 1.79 bits per heavy atom. The predicted octanol–water partition coefficient (Wildman–Crippen LogP) is 2.86. The molecule has 1 N–H and O–H groups in total. The SMILES string of the molecule is CCC1(CC)NC(=O)N(CC(=O)c2ccc3c(c2)CCCC3)C1=O. The van der Waals surface area contributed by atoms with Crippen molar-refractivity contribution < 1.29 is 14.4 Å². The third kappa shape index (κ3) is 2.72. The van der Waals surface area contributed by atoms with E-state index in [1.165, 1.54) is 17.5 Å². The summed E-state index contributed by atoms with van der Waals surface area (Å²) in [6.45, 7) is 3.55. The highest BCUT2D eigenvalue weighted by molar-refractivity contribution is 6.11. The lowest BCUT2D eigenvalue weighted by molar-refractivity contribution is -0.131. The fourth-order valence-electron chi connectivity index (χ4n) is 3.69. The molecule has 24 heavy (non-hydrogen) atoms. The van der Waals surface area contributed by atoms with E-state index in [0.29, 0.717) is 18.4 Å². The van der Waals surface area contributed by atoms with Gasteiger partial charge in [0.2, 0.25) is 0 Å². The van der Waals surface area contributed by atoms with Crippen molar-refractivity contribution >= 4 is 17.7 Å². The molecule has 2 aliphatic rings. The number of ketones is 1. The second-order valence-corrected chi connectivity index (χ2v) is 6.72. The molecule has 0 aromatic heterocycles. The summed E-state index contributed by atoms with van der Waals surface area (Å²) in [7, 11) is 0. The second-order valence-electron chi connectivity index (χ2n) is 6.72. The molecule has 0 unspecified atom stereocenters. The van der Waals surface area contributed by atoms with E-state index in [2.05, 4.69) is 5.32 Å². The lowest BCUT2D eigenvalue weighted by Gasteiger charge is -2.23. The molecule has 1 aliphatic carbocycles. The monoisotopic (exact) mass is 328 g/mol. The Kier molecular flexibility index (Phi) is 4.43. The summed E-state index contributed by atoms with van der Waals surface area (Å²) < 4.78 is 0. The molecule has 3 rings (SSSR count). The van der Waals surface area contributed by atoms with E-state index in [0.717, 1.165) is 24.2 Å². The Morgan fingerprint density at radius 3 is 2.42 bits per heavy atom. The number of imide groups is 1. The van der Waals surface area contributed by atoms with Gasteiger partial charge in [-0.1, -0.05) is 26.0 Å². The van der Waals surface area contributed by atoms with Crippen molar-refractivity contribution in [2.75, 3.05) is 6.54 Å². The molecular formula is C19H24N2O3. The summed E-state index contributed by atoms with van der Waals surface area (Å²) in [4.78, 5) is 38.4. The summed E-state index contributed by atoms with van der Waals surface area (Å²) in [5.41, 5.74) is 2.26. The summed E-state index contributed by atoms with van der Waals surface area (Å²) in [5, 5.41) is 2.76. The van der Waals surface area contributed by atoms with Gasteiger partial charge in [-0.3, -0.25) is 14.5 Å². The first kappa shape index (κ1) is 16.7. The molecule has 5 heteroatoms. The summed E-state index contributed by atoms with van der Waals surface area (Å²) in [5.74, 6) is -0.473. The largest absolute Gasteiger partial charge is 0.325 e. The van der Waals surface area contributed by atoms with E-state index in [4.69, 9.17) is 0 Å². The number of benzene rings is 1. The third-order valence-corrected chi connectivity index (χ3v) is 5.43. The van der Waals surface area contributed by atoms with E-state index in [1.54, 1.807) is 0 Å². The van der Waals surface area contributed by atoms with Gasteiger partial charge in [0.1, 0.15) is 5.54 Å². The standard InChI is InChI=1S/C19H24N2O3/c1-3-19(4-2)17(23)21(18(24)20-19)12-16(22)15-10-9-13-7-5-6-8-14(13)11-15/h9-11H,3-8,12H2,1-2H3,(H,20,24). The number of aryl methyl sites for hydroxylation is 2. The first-order valence-corrected chi connectivity index (χ1v) is 8.80. The maximum atomic E-state index is 12.6. The highest BCUT2D eigenvalue weighted by Gasteiger charge is 2.49. The van der Waals surface area contributed by atoms with Crippen LogP contribution in [0.3, 0.4) is 0 Å². The van der Waals surface area contributed by atoms with Crippen LogP contribution in [0.5, 0.6) is 0 Å². The van der Waals surface area contributed by atoms with Gasteiger partial charge in [0.15, 0.2) is 5.78 Å². The molecular weight excluding hydrogens is 304 g/mol. The molecule has 128 valence electrons. The molecule has 1 fully saturated rings.